The lowest BCUT2D eigenvalue weighted by Crippen LogP contribution is -2.41. The summed E-state index contributed by atoms with van der Waals surface area (Å²) in [6, 6.07) is 8.07. The van der Waals surface area contributed by atoms with Gasteiger partial charge in [-0.3, -0.25) is 4.79 Å². The average Bonchev–Trinajstić information content (AvgIpc) is 2.71. The van der Waals surface area contributed by atoms with Gasteiger partial charge in [0.25, 0.3) is 0 Å². The third kappa shape index (κ3) is 4.41. The Balaban J connectivity index is 2.33. The molecule has 1 fully saturated rings. The fourth-order valence-electron chi connectivity index (χ4n) is 2.35. The molecule has 24 heavy (non-hydrogen) atoms. The summed E-state index contributed by atoms with van der Waals surface area (Å²) in [5.41, 5.74) is 2.24. The highest BCUT2D eigenvalue weighted by Crippen LogP contribution is 2.39. The average molecular weight is 344 g/mol. The number of rotatable bonds is 5. The molecule has 128 valence electrons. The molecule has 1 aliphatic heterocycles. The molecule has 1 heterocycles. The summed E-state index contributed by atoms with van der Waals surface area (Å²) >= 11 is 1.27. The first-order chi connectivity index (χ1) is 11.1. The molecular weight excluding hydrogens is 319 g/mol. The monoisotopic (exact) mass is 344 g/mol. The quantitative estimate of drug-likeness (QED) is 0.730. The van der Waals surface area contributed by atoms with Gasteiger partial charge in [0.15, 0.2) is 5.12 Å². The zero-order chi connectivity index (χ0) is 18.0. The van der Waals surface area contributed by atoms with Crippen molar-refractivity contribution in [2.45, 2.75) is 45.8 Å². The van der Waals surface area contributed by atoms with E-state index in [4.69, 9.17) is 9.31 Å². The SMILES string of the molecule is C=Cc1cccc(C=C(CSC(C)=O)B2OC(C)(C)C(C)(C)O2)c1. The van der Waals surface area contributed by atoms with Gasteiger partial charge in [0, 0.05) is 12.7 Å². The normalized spacial score (nSPS) is 19.4. The Morgan fingerprint density at radius 3 is 2.33 bits per heavy atom. The number of carbonyl (C=O) groups excluding carboxylic acids is 1. The van der Waals surface area contributed by atoms with E-state index in [2.05, 4.69) is 12.6 Å². The second-order valence-electron chi connectivity index (χ2n) is 6.96. The van der Waals surface area contributed by atoms with Crippen LogP contribution in [0.1, 0.15) is 45.7 Å². The highest BCUT2D eigenvalue weighted by molar-refractivity contribution is 8.13. The van der Waals surface area contributed by atoms with Crippen LogP contribution < -0.4 is 0 Å². The van der Waals surface area contributed by atoms with Crippen LogP contribution in [0.15, 0.2) is 36.3 Å². The van der Waals surface area contributed by atoms with E-state index in [1.165, 1.54) is 11.8 Å². The first-order valence-corrected chi connectivity index (χ1v) is 9.05. The molecule has 1 saturated heterocycles. The molecule has 0 bridgehead atoms. The van der Waals surface area contributed by atoms with Crippen LogP contribution in [0, 0.1) is 0 Å². The van der Waals surface area contributed by atoms with Crippen LogP contribution in [0.5, 0.6) is 0 Å². The molecule has 0 aromatic heterocycles. The third-order valence-electron chi connectivity index (χ3n) is 4.50. The van der Waals surface area contributed by atoms with Gasteiger partial charge in [0.05, 0.1) is 11.2 Å². The van der Waals surface area contributed by atoms with E-state index in [9.17, 15) is 4.79 Å². The second kappa shape index (κ2) is 7.30. The lowest BCUT2D eigenvalue weighted by molar-refractivity contribution is -0.109. The largest absolute Gasteiger partial charge is 0.491 e. The van der Waals surface area contributed by atoms with Crippen molar-refractivity contribution in [3.05, 3.63) is 47.4 Å². The smallest absolute Gasteiger partial charge is 0.400 e. The predicted molar refractivity (Wildman–Crippen MR) is 104 cm³/mol. The van der Waals surface area contributed by atoms with E-state index in [-0.39, 0.29) is 5.12 Å². The summed E-state index contributed by atoms with van der Waals surface area (Å²) in [6.45, 7) is 13.5. The van der Waals surface area contributed by atoms with Gasteiger partial charge in [0.1, 0.15) is 0 Å². The van der Waals surface area contributed by atoms with Crippen molar-refractivity contribution in [3.8, 4) is 0 Å². The van der Waals surface area contributed by atoms with Crippen LogP contribution in [-0.4, -0.2) is 29.2 Å². The van der Waals surface area contributed by atoms with E-state index in [0.717, 1.165) is 16.6 Å². The van der Waals surface area contributed by atoms with Gasteiger partial charge in [0.2, 0.25) is 0 Å². The minimum Gasteiger partial charge on any atom is -0.400 e. The van der Waals surface area contributed by atoms with Crippen molar-refractivity contribution in [1.29, 1.82) is 0 Å². The maximum absolute atomic E-state index is 11.4. The minimum absolute atomic E-state index is 0.0808. The van der Waals surface area contributed by atoms with Crippen LogP contribution in [-0.2, 0) is 14.1 Å². The molecule has 5 heteroatoms. The van der Waals surface area contributed by atoms with Crippen LogP contribution in [0.25, 0.3) is 12.2 Å². The van der Waals surface area contributed by atoms with E-state index in [0.29, 0.717) is 5.75 Å². The topological polar surface area (TPSA) is 35.5 Å². The fraction of sp³-hybridized carbons (Fsp3) is 0.421. The van der Waals surface area contributed by atoms with Gasteiger partial charge < -0.3 is 9.31 Å². The molecule has 0 radical (unpaired) electrons. The Hall–Kier alpha value is -1.30. The molecule has 1 aromatic carbocycles. The number of benzene rings is 1. The third-order valence-corrected chi connectivity index (χ3v) is 5.38. The fourth-order valence-corrected chi connectivity index (χ4v) is 2.94. The summed E-state index contributed by atoms with van der Waals surface area (Å²) in [4.78, 5) is 11.4. The Labute approximate surface area is 149 Å². The summed E-state index contributed by atoms with van der Waals surface area (Å²) < 4.78 is 12.3. The van der Waals surface area contributed by atoms with Crippen molar-refractivity contribution in [2.75, 3.05) is 5.75 Å². The van der Waals surface area contributed by atoms with Crippen LogP contribution in [0.4, 0.5) is 0 Å². The van der Waals surface area contributed by atoms with Crippen molar-refractivity contribution in [3.63, 3.8) is 0 Å². The van der Waals surface area contributed by atoms with Gasteiger partial charge in [-0.2, -0.15) is 0 Å². The van der Waals surface area contributed by atoms with E-state index in [1.54, 1.807) is 6.92 Å². The number of hydrogen-bond acceptors (Lipinski definition) is 4. The maximum atomic E-state index is 11.4. The maximum Gasteiger partial charge on any atom is 0.491 e. The van der Waals surface area contributed by atoms with E-state index >= 15 is 0 Å². The van der Waals surface area contributed by atoms with Crippen molar-refractivity contribution < 1.29 is 14.1 Å². The highest BCUT2D eigenvalue weighted by atomic mass is 32.2. The number of hydrogen-bond donors (Lipinski definition) is 0. The van der Waals surface area contributed by atoms with Crippen molar-refractivity contribution in [1.82, 2.24) is 0 Å². The molecule has 0 amide bonds. The summed E-state index contributed by atoms with van der Waals surface area (Å²) in [5, 5.41) is 0.0808. The van der Waals surface area contributed by atoms with Gasteiger partial charge in [-0.1, -0.05) is 48.7 Å². The predicted octanol–water partition coefficient (Wildman–Crippen LogP) is 4.62. The van der Waals surface area contributed by atoms with Gasteiger partial charge in [-0.05, 0) is 50.4 Å². The van der Waals surface area contributed by atoms with Crippen LogP contribution in [0.2, 0.25) is 0 Å². The molecule has 3 nitrogen and oxygen atoms in total. The highest BCUT2D eigenvalue weighted by Gasteiger charge is 2.52. The van der Waals surface area contributed by atoms with Crippen molar-refractivity contribution in [2.24, 2.45) is 0 Å². The van der Waals surface area contributed by atoms with Gasteiger partial charge >= 0.3 is 7.12 Å². The first kappa shape index (κ1) is 19.0. The zero-order valence-electron chi connectivity index (χ0n) is 15.1. The lowest BCUT2D eigenvalue weighted by Gasteiger charge is -2.32. The molecule has 0 unspecified atom stereocenters. The Kier molecular flexibility index (Phi) is 5.79. The summed E-state index contributed by atoms with van der Waals surface area (Å²) in [6.07, 6.45) is 3.86. The molecule has 0 aliphatic carbocycles. The molecule has 1 aromatic rings. The standard InChI is InChI=1S/C19H25BO3S/c1-7-15-9-8-10-16(11-15)12-17(13-24-14(2)21)20-22-18(3,4)19(5,6)23-20/h7-12H,1,13H2,2-6H3. The van der Waals surface area contributed by atoms with Gasteiger partial charge in [-0.25, -0.2) is 0 Å². The molecule has 2 rings (SSSR count). The molecule has 0 atom stereocenters. The minimum atomic E-state index is -0.450. The number of carbonyl (C=O) groups is 1. The number of thioether (sulfide) groups is 1. The Bertz CT molecular complexity index is 648. The molecule has 0 spiro atoms. The Morgan fingerprint density at radius 2 is 1.79 bits per heavy atom. The van der Waals surface area contributed by atoms with Crippen LogP contribution in [0.3, 0.4) is 0 Å². The second-order valence-corrected chi connectivity index (χ2v) is 8.11. The van der Waals surface area contributed by atoms with Crippen molar-refractivity contribution >= 4 is 36.1 Å². The van der Waals surface area contributed by atoms with Gasteiger partial charge in [-0.15, -0.1) is 0 Å². The summed E-state index contributed by atoms with van der Waals surface area (Å²) in [7, 11) is -0.450. The summed E-state index contributed by atoms with van der Waals surface area (Å²) in [5.74, 6) is 0.546. The Morgan fingerprint density at radius 1 is 1.21 bits per heavy atom. The van der Waals surface area contributed by atoms with E-state index in [1.807, 2.05) is 58.0 Å². The van der Waals surface area contributed by atoms with E-state index < -0.39 is 18.3 Å². The molecule has 0 saturated carbocycles. The van der Waals surface area contributed by atoms with Crippen LogP contribution >= 0.6 is 11.8 Å². The first-order valence-electron chi connectivity index (χ1n) is 8.06. The lowest BCUT2D eigenvalue weighted by atomic mass is 9.78. The molecule has 0 N–H and O–H groups in total. The molecule has 1 aliphatic rings. The zero-order valence-corrected chi connectivity index (χ0v) is 15.9. The molecular formula is C19H25BO3S.